The molecule has 1 aliphatic heterocycles. The predicted molar refractivity (Wildman–Crippen MR) is 110 cm³/mol. The number of rotatable bonds is 7. The van der Waals surface area contributed by atoms with Gasteiger partial charge >= 0.3 is 0 Å². The first-order valence-corrected chi connectivity index (χ1v) is 10.7. The zero-order valence-electron chi connectivity index (χ0n) is 17.0. The Morgan fingerprint density at radius 2 is 1.52 bits per heavy atom. The fourth-order valence-corrected chi connectivity index (χ4v) is 4.17. The molecule has 0 radical (unpaired) electrons. The van der Waals surface area contributed by atoms with E-state index in [0.29, 0.717) is 40.7 Å². The van der Waals surface area contributed by atoms with Crippen molar-refractivity contribution >= 4 is 15.7 Å². The second kappa shape index (κ2) is 8.20. The van der Waals surface area contributed by atoms with Crippen LogP contribution < -0.4 is 18.9 Å². The van der Waals surface area contributed by atoms with Gasteiger partial charge in [0, 0.05) is 23.6 Å². The lowest BCUT2D eigenvalue weighted by atomic mass is 9.98. The fourth-order valence-electron chi connectivity index (χ4n) is 3.27. The summed E-state index contributed by atoms with van der Waals surface area (Å²) < 4.78 is 47.5. The summed E-state index contributed by atoms with van der Waals surface area (Å²) in [6.45, 7) is 0. The molecule has 3 rings (SSSR count). The molecule has 0 bridgehead atoms. The summed E-state index contributed by atoms with van der Waals surface area (Å²) >= 11 is 0. The van der Waals surface area contributed by atoms with Crippen LogP contribution in [-0.2, 0) is 10.0 Å². The Labute approximate surface area is 170 Å². The maximum Gasteiger partial charge on any atom is 0.247 e. The van der Waals surface area contributed by atoms with Gasteiger partial charge in [0.25, 0.3) is 0 Å². The molecule has 0 spiro atoms. The molecule has 1 atom stereocenters. The molecular formula is C20H24N2O6S. The smallest absolute Gasteiger partial charge is 0.247 e. The van der Waals surface area contributed by atoms with Crippen LogP contribution in [0, 0.1) is 0 Å². The highest BCUT2D eigenvalue weighted by atomic mass is 32.2. The molecule has 0 aliphatic carbocycles. The predicted octanol–water partition coefficient (Wildman–Crippen LogP) is 2.83. The summed E-state index contributed by atoms with van der Waals surface area (Å²) in [6.07, 6.45) is 1.48. The number of hydrogen-bond acceptors (Lipinski definition) is 7. The van der Waals surface area contributed by atoms with Gasteiger partial charge in [0.05, 0.1) is 46.4 Å². The van der Waals surface area contributed by atoms with Crippen LogP contribution in [0.15, 0.2) is 41.5 Å². The number of benzene rings is 2. The molecule has 0 fully saturated rings. The summed E-state index contributed by atoms with van der Waals surface area (Å²) in [7, 11) is 2.58. The van der Waals surface area contributed by atoms with Crippen molar-refractivity contribution < 1.29 is 27.4 Å². The van der Waals surface area contributed by atoms with E-state index in [9.17, 15) is 8.42 Å². The molecule has 1 aliphatic rings. The van der Waals surface area contributed by atoms with Crippen LogP contribution in [0.5, 0.6) is 23.0 Å². The maximum atomic E-state index is 12.5. The van der Waals surface area contributed by atoms with Crippen molar-refractivity contribution in [1.82, 2.24) is 4.41 Å². The number of ether oxygens (including phenoxy) is 4. The van der Waals surface area contributed by atoms with Gasteiger partial charge in [-0.3, -0.25) is 0 Å². The van der Waals surface area contributed by atoms with Crippen LogP contribution >= 0.6 is 0 Å². The lowest BCUT2D eigenvalue weighted by molar-refractivity contribution is 0.348. The number of methoxy groups -OCH3 is 4. The average molecular weight is 420 g/mol. The minimum atomic E-state index is -3.63. The van der Waals surface area contributed by atoms with Gasteiger partial charge in [0.2, 0.25) is 10.0 Å². The van der Waals surface area contributed by atoms with E-state index in [1.54, 1.807) is 64.8 Å². The standard InChI is InChI=1S/C20H24N2O6S/c1-25-14-6-7-20(28-4)17(11-14)19-12-18(21-22(19)29(5,23)24)13-8-15(26-2)10-16(9-13)27-3/h6-11,19H,12H2,1-5H3/t19-/m1/s1. The van der Waals surface area contributed by atoms with E-state index in [0.717, 1.165) is 16.2 Å². The molecule has 0 saturated carbocycles. The van der Waals surface area contributed by atoms with E-state index in [1.807, 2.05) is 0 Å². The molecular weight excluding hydrogens is 396 g/mol. The highest BCUT2D eigenvalue weighted by molar-refractivity contribution is 7.88. The summed E-state index contributed by atoms with van der Waals surface area (Å²) in [6, 6.07) is 10.1. The summed E-state index contributed by atoms with van der Waals surface area (Å²) in [5, 5.41) is 4.42. The Balaban J connectivity index is 2.10. The first kappa shape index (κ1) is 20.8. The maximum absolute atomic E-state index is 12.5. The van der Waals surface area contributed by atoms with Crippen LogP contribution in [0.4, 0.5) is 0 Å². The molecule has 156 valence electrons. The Morgan fingerprint density at radius 1 is 0.897 bits per heavy atom. The van der Waals surface area contributed by atoms with Crippen molar-refractivity contribution in [2.45, 2.75) is 12.5 Å². The SMILES string of the molecule is COc1cc(OC)cc(C2=NN(S(C)(=O)=O)[C@@H](c3cc(OC)ccc3OC)C2)c1. The van der Waals surface area contributed by atoms with Crippen molar-refractivity contribution in [1.29, 1.82) is 0 Å². The van der Waals surface area contributed by atoms with Crippen molar-refractivity contribution in [3.8, 4) is 23.0 Å². The molecule has 0 aromatic heterocycles. The van der Waals surface area contributed by atoms with Gasteiger partial charge in [-0.05, 0) is 30.3 Å². The summed E-state index contributed by atoms with van der Waals surface area (Å²) in [5.41, 5.74) is 1.99. The van der Waals surface area contributed by atoms with Gasteiger partial charge in [-0.15, -0.1) is 0 Å². The number of hydrazone groups is 1. The average Bonchev–Trinajstić information content (AvgIpc) is 3.18. The van der Waals surface area contributed by atoms with Crippen molar-refractivity contribution in [2.24, 2.45) is 5.10 Å². The van der Waals surface area contributed by atoms with Gasteiger partial charge in [-0.25, -0.2) is 8.42 Å². The Bertz CT molecular complexity index is 1010. The van der Waals surface area contributed by atoms with Gasteiger partial charge in [-0.1, -0.05) is 0 Å². The molecule has 8 nitrogen and oxygen atoms in total. The Hall–Kier alpha value is -2.94. The largest absolute Gasteiger partial charge is 0.497 e. The molecule has 1 heterocycles. The normalized spacial score (nSPS) is 16.4. The van der Waals surface area contributed by atoms with E-state index < -0.39 is 16.1 Å². The third-order valence-corrected chi connectivity index (χ3v) is 5.71. The second-order valence-electron chi connectivity index (χ2n) is 6.51. The number of hydrogen-bond donors (Lipinski definition) is 0. The zero-order valence-corrected chi connectivity index (χ0v) is 17.8. The first-order valence-electron chi connectivity index (χ1n) is 8.83. The first-order chi connectivity index (χ1) is 13.8. The van der Waals surface area contributed by atoms with E-state index in [-0.39, 0.29) is 0 Å². The van der Waals surface area contributed by atoms with E-state index in [4.69, 9.17) is 18.9 Å². The van der Waals surface area contributed by atoms with Crippen LogP contribution in [0.1, 0.15) is 23.6 Å². The second-order valence-corrected chi connectivity index (χ2v) is 8.35. The van der Waals surface area contributed by atoms with Crippen molar-refractivity contribution in [3.63, 3.8) is 0 Å². The highest BCUT2D eigenvalue weighted by Gasteiger charge is 2.36. The Morgan fingerprint density at radius 3 is 2.03 bits per heavy atom. The Kier molecular flexibility index (Phi) is 5.88. The van der Waals surface area contributed by atoms with Gasteiger partial charge in [-0.2, -0.15) is 9.52 Å². The van der Waals surface area contributed by atoms with Crippen LogP contribution in [-0.4, -0.2) is 53.2 Å². The van der Waals surface area contributed by atoms with Crippen molar-refractivity contribution in [3.05, 3.63) is 47.5 Å². The summed E-state index contributed by atoms with van der Waals surface area (Å²) in [5.74, 6) is 2.35. The van der Waals surface area contributed by atoms with Crippen LogP contribution in [0.2, 0.25) is 0 Å². The molecule has 29 heavy (non-hydrogen) atoms. The van der Waals surface area contributed by atoms with Gasteiger partial charge in [0.1, 0.15) is 23.0 Å². The number of sulfonamides is 1. The number of nitrogens with zero attached hydrogens (tertiary/aromatic N) is 2. The minimum absolute atomic E-state index is 0.354. The minimum Gasteiger partial charge on any atom is -0.497 e. The van der Waals surface area contributed by atoms with Crippen LogP contribution in [0.25, 0.3) is 0 Å². The summed E-state index contributed by atoms with van der Waals surface area (Å²) in [4.78, 5) is 0. The quantitative estimate of drug-likeness (QED) is 0.685. The van der Waals surface area contributed by atoms with Crippen LogP contribution in [0.3, 0.4) is 0 Å². The van der Waals surface area contributed by atoms with Crippen molar-refractivity contribution in [2.75, 3.05) is 34.7 Å². The lowest BCUT2D eigenvalue weighted by Gasteiger charge is -2.23. The molecule has 0 amide bonds. The fraction of sp³-hybridized carbons (Fsp3) is 0.350. The molecule has 2 aromatic carbocycles. The molecule has 0 unspecified atom stereocenters. The third kappa shape index (κ3) is 4.24. The topological polar surface area (TPSA) is 86.7 Å². The third-order valence-electron chi connectivity index (χ3n) is 4.69. The van der Waals surface area contributed by atoms with Gasteiger partial charge in [0.15, 0.2) is 0 Å². The molecule has 9 heteroatoms. The van der Waals surface area contributed by atoms with E-state index in [2.05, 4.69) is 5.10 Å². The van der Waals surface area contributed by atoms with Gasteiger partial charge < -0.3 is 18.9 Å². The lowest BCUT2D eigenvalue weighted by Crippen LogP contribution is -2.26. The van der Waals surface area contributed by atoms with E-state index >= 15 is 0 Å². The zero-order chi connectivity index (χ0) is 21.2. The highest BCUT2D eigenvalue weighted by Crippen LogP contribution is 2.41. The molecule has 2 aromatic rings. The molecule has 0 N–H and O–H groups in total. The van der Waals surface area contributed by atoms with E-state index in [1.165, 1.54) is 0 Å². The monoisotopic (exact) mass is 420 g/mol. The molecule has 0 saturated heterocycles.